The fraction of sp³-hybridized carbons (Fsp3) is 0.786. The second-order valence-corrected chi connectivity index (χ2v) is 8.01. The van der Waals surface area contributed by atoms with Gasteiger partial charge in [-0.15, -0.1) is 4.28 Å². The number of amidine groups is 1. The Hall–Kier alpha value is -1.76. The molecule has 3 aliphatic rings. The average molecular weight is 389 g/mol. The molecule has 4 atom stereocenters. The maximum atomic E-state index is 12.4. The van der Waals surface area contributed by atoms with Crippen molar-refractivity contribution in [1.29, 1.82) is 0 Å². The first kappa shape index (κ1) is 19.0. The molecular formula is C14H23N5O6S. The van der Waals surface area contributed by atoms with E-state index in [2.05, 4.69) is 9.28 Å². The van der Waals surface area contributed by atoms with Gasteiger partial charge in [-0.1, -0.05) is 6.42 Å². The summed E-state index contributed by atoms with van der Waals surface area (Å²) in [5.41, 5.74) is 11.9. The Labute approximate surface area is 151 Å². The zero-order valence-corrected chi connectivity index (χ0v) is 15.0. The van der Waals surface area contributed by atoms with E-state index in [0.717, 1.165) is 12.8 Å². The molecule has 0 radical (unpaired) electrons. The first-order chi connectivity index (χ1) is 12.2. The lowest BCUT2D eigenvalue weighted by Gasteiger charge is -2.30. The molecule has 11 nitrogen and oxygen atoms in total. The Balaban J connectivity index is 1.70. The van der Waals surface area contributed by atoms with Crippen LogP contribution in [-0.2, 0) is 19.5 Å². The third-order valence-electron chi connectivity index (χ3n) is 5.14. The minimum Gasteiger partial charge on any atom is -0.385 e. The maximum Gasteiger partial charge on any atom is 0.418 e. The number of fused-ring (bicyclic) bond motifs is 2. The molecule has 3 amide bonds. The Morgan fingerprint density at radius 2 is 2.00 bits per heavy atom. The maximum absolute atomic E-state index is 12.4. The second-order valence-electron chi connectivity index (χ2n) is 7.01. The smallest absolute Gasteiger partial charge is 0.385 e. The molecule has 26 heavy (non-hydrogen) atoms. The van der Waals surface area contributed by atoms with E-state index < -0.39 is 28.5 Å². The van der Waals surface area contributed by atoms with Crippen LogP contribution in [0.15, 0.2) is 4.99 Å². The topological polar surface area (TPSA) is 169 Å². The molecule has 3 fully saturated rings. The summed E-state index contributed by atoms with van der Waals surface area (Å²) in [7, 11) is -4.80. The number of carbonyl (C=O) groups is 2. The highest BCUT2D eigenvalue weighted by Gasteiger charge is 2.48. The monoisotopic (exact) mass is 389 g/mol. The molecule has 12 heteroatoms. The van der Waals surface area contributed by atoms with Crippen LogP contribution >= 0.6 is 0 Å². The zero-order valence-electron chi connectivity index (χ0n) is 14.2. The number of hydrogen-bond donors (Lipinski definition) is 3. The van der Waals surface area contributed by atoms with Gasteiger partial charge < -0.3 is 16.4 Å². The van der Waals surface area contributed by atoms with Crippen molar-refractivity contribution >= 4 is 28.2 Å². The summed E-state index contributed by atoms with van der Waals surface area (Å²) in [6, 6.07) is -1.88. The van der Waals surface area contributed by atoms with Crippen LogP contribution in [0.1, 0.15) is 38.5 Å². The van der Waals surface area contributed by atoms with Crippen LogP contribution in [-0.4, -0.2) is 65.4 Å². The molecule has 2 aliphatic heterocycles. The van der Waals surface area contributed by atoms with Crippen LogP contribution in [0, 0.1) is 5.92 Å². The minimum absolute atomic E-state index is 0.0177. The first-order valence-corrected chi connectivity index (χ1v) is 9.92. The van der Waals surface area contributed by atoms with Crippen LogP contribution in [0.4, 0.5) is 4.79 Å². The Kier molecular flexibility index (Phi) is 5.19. The number of rotatable bonds is 4. The van der Waals surface area contributed by atoms with E-state index >= 15 is 0 Å². The molecule has 0 spiro atoms. The van der Waals surface area contributed by atoms with Crippen LogP contribution in [0.25, 0.3) is 0 Å². The highest BCUT2D eigenvalue weighted by atomic mass is 32.3. The number of hydrogen-bond acceptors (Lipinski definition) is 6. The number of hydroxylamine groups is 2. The molecule has 0 aromatic carbocycles. The van der Waals surface area contributed by atoms with Gasteiger partial charge >= 0.3 is 16.4 Å². The highest BCUT2D eigenvalue weighted by Crippen LogP contribution is 2.31. The van der Waals surface area contributed by atoms with Gasteiger partial charge in [-0.2, -0.15) is 18.5 Å². The summed E-state index contributed by atoms with van der Waals surface area (Å²) in [5, 5.41) is 0.630. The quantitative estimate of drug-likeness (QED) is 0.325. The Morgan fingerprint density at radius 3 is 2.65 bits per heavy atom. The number of piperidine rings is 1. The van der Waals surface area contributed by atoms with E-state index in [9.17, 15) is 18.0 Å². The number of amides is 3. The van der Waals surface area contributed by atoms with Gasteiger partial charge in [0.15, 0.2) is 0 Å². The molecule has 3 rings (SSSR count). The number of aliphatic imine (C=N–C) groups is 1. The van der Waals surface area contributed by atoms with Crippen LogP contribution < -0.4 is 11.5 Å². The summed E-state index contributed by atoms with van der Waals surface area (Å²) in [5.74, 6) is -0.575. The predicted molar refractivity (Wildman–Crippen MR) is 89.9 cm³/mol. The third-order valence-corrected chi connectivity index (χ3v) is 5.49. The number of nitrogens with two attached hydrogens (primary N) is 2. The van der Waals surface area contributed by atoms with E-state index in [4.69, 9.17) is 16.0 Å². The highest BCUT2D eigenvalue weighted by molar-refractivity contribution is 7.80. The standard InChI is InChI=1S/C14H23N5O6S/c15-9-3-1-2-8(6-9)13(20)17-12(16)11-5-4-10-7-18(11)14(21)19(10)25-26(22,23)24/h8-11H,1-7,15H2,(H2,16,17,20)(H,22,23,24). The first-order valence-electron chi connectivity index (χ1n) is 8.56. The molecule has 2 bridgehead atoms. The number of carbonyl (C=O) groups excluding carboxylic acids is 2. The fourth-order valence-corrected chi connectivity index (χ4v) is 4.27. The van der Waals surface area contributed by atoms with Gasteiger partial charge in [0, 0.05) is 18.5 Å². The van der Waals surface area contributed by atoms with Gasteiger partial charge in [-0.25, -0.2) is 4.79 Å². The van der Waals surface area contributed by atoms with Gasteiger partial charge in [-0.05, 0) is 32.1 Å². The van der Waals surface area contributed by atoms with Crippen LogP contribution in [0.3, 0.4) is 0 Å². The molecule has 5 N–H and O–H groups in total. The van der Waals surface area contributed by atoms with Gasteiger partial charge in [0.1, 0.15) is 5.84 Å². The lowest BCUT2D eigenvalue weighted by atomic mass is 9.86. The Bertz CT molecular complexity index is 725. The normalized spacial score (nSPS) is 32.8. The van der Waals surface area contributed by atoms with E-state index in [0.29, 0.717) is 30.7 Å². The van der Waals surface area contributed by atoms with E-state index in [-0.39, 0.29) is 30.2 Å². The molecule has 0 aromatic rings. The average Bonchev–Trinajstić information content (AvgIpc) is 2.78. The minimum atomic E-state index is -4.80. The van der Waals surface area contributed by atoms with Crippen molar-refractivity contribution in [1.82, 2.24) is 9.96 Å². The molecule has 2 saturated heterocycles. The zero-order chi connectivity index (χ0) is 19.1. The van der Waals surface area contributed by atoms with Gasteiger partial charge in [-0.3, -0.25) is 9.35 Å². The molecule has 1 aliphatic carbocycles. The van der Waals surface area contributed by atoms with Crippen molar-refractivity contribution in [2.75, 3.05) is 6.54 Å². The van der Waals surface area contributed by atoms with Gasteiger partial charge in [0.25, 0.3) is 5.91 Å². The molecule has 4 unspecified atom stereocenters. The van der Waals surface area contributed by atoms with Gasteiger partial charge in [0.05, 0.1) is 12.1 Å². The van der Waals surface area contributed by atoms with Crippen LogP contribution in [0.5, 0.6) is 0 Å². The van der Waals surface area contributed by atoms with E-state index in [1.54, 1.807) is 0 Å². The lowest BCUT2D eigenvalue weighted by Crippen LogP contribution is -2.48. The van der Waals surface area contributed by atoms with Crippen molar-refractivity contribution in [3.05, 3.63) is 0 Å². The summed E-state index contributed by atoms with van der Waals surface area (Å²) in [6.45, 7) is 0.178. The summed E-state index contributed by atoms with van der Waals surface area (Å²) in [6.07, 6.45) is 3.86. The summed E-state index contributed by atoms with van der Waals surface area (Å²) < 4.78 is 35.0. The predicted octanol–water partition coefficient (Wildman–Crippen LogP) is -0.609. The van der Waals surface area contributed by atoms with E-state index in [1.807, 2.05) is 0 Å². The van der Waals surface area contributed by atoms with Crippen molar-refractivity contribution in [3.63, 3.8) is 0 Å². The van der Waals surface area contributed by atoms with Crippen LogP contribution in [0.2, 0.25) is 0 Å². The SMILES string of the molecule is NC(=NC(=O)C1CCCC(N)C1)C1CCC2CN1C(=O)N2OS(=O)(=O)O. The van der Waals surface area contributed by atoms with Crippen molar-refractivity contribution in [2.24, 2.45) is 22.4 Å². The number of nitrogens with zero attached hydrogens (tertiary/aromatic N) is 3. The fourth-order valence-electron chi connectivity index (χ4n) is 3.88. The number of urea groups is 1. The molecule has 2 heterocycles. The molecule has 0 aromatic heterocycles. The van der Waals surface area contributed by atoms with Crippen molar-refractivity contribution in [2.45, 2.75) is 56.7 Å². The molecule has 1 saturated carbocycles. The lowest BCUT2D eigenvalue weighted by molar-refractivity contribution is -0.122. The van der Waals surface area contributed by atoms with Crippen molar-refractivity contribution in [3.8, 4) is 0 Å². The van der Waals surface area contributed by atoms with Crippen molar-refractivity contribution < 1.29 is 26.8 Å². The van der Waals surface area contributed by atoms with E-state index in [1.165, 1.54) is 4.90 Å². The second kappa shape index (κ2) is 7.10. The summed E-state index contributed by atoms with van der Waals surface area (Å²) in [4.78, 5) is 30.0. The molecular weight excluding hydrogens is 366 g/mol. The molecule has 146 valence electrons. The largest absolute Gasteiger partial charge is 0.418 e. The van der Waals surface area contributed by atoms with Gasteiger partial charge in [0.2, 0.25) is 0 Å². The summed E-state index contributed by atoms with van der Waals surface area (Å²) >= 11 is 0. The third kappa shape index (κ3) is 3.98. The Morgan fingerprint density at radius 1 is 1.27 bits per heavy atom.